The maximum absolute atomic E-state index is 12.7. The van der Waals surface area contributed by atoms with E-state index < -0.39 is 11.9 Å². The molecule has 2 aliphatic heterocycles. The third-order valence-electron chi connectivity index (χ3n) is 5.78. The Kier molecular flexibility index (Phi) is 4.56. The van der Waals surface area contributed by atoms with Gasteiger partial charge in [-0.3, -0.25) is 14.3 Å². The minimum atomic E-state index is -0.847. The summed E-state index contributed by atoms with van der Waals surface area (Å²) in [6, 6.07) is 5.55. The Morgan fingerprint density at radius 1 is 1.21 bits per heavy atom. The molecule has 4 rings (SSSR count). The van der Waals surface area contributed by atoms with Gasteiger partial charge in [0.2, 0.25) is 0 Å². The summed E-state index contributed by atoms with van der Waals surface area (Å²) in [6.45, 7) is 3.87. The van der Waals surface area contributed by atoms with Crippen LogP contribution in [0, 0.1) is 5.92 Å². The summed E-state index contributed by atoms with van der Waals surface area (Å²) in [6.07, 6.45) is 1.72. The Morgan fingerprint density at radius 3 is 2.75 bits per heavy atom. The highest BCUT2D eigenvalue weighted by Crippen LogP contribution is 2.35. The van der Waals surface area contributed by atoms with Crippen LogP contribution in [-0.2, 0) is 20.9 Å². The van der Waals surface area contributed by atoms with Crippen LogP contribution in [0.15, 0.2) is 18.2 Å². The highest BCUT2D eigenvalue weighted by molar-refractivity contribution is 6.32. The van der Waals surface area contributed by atoms with Crippen molar-refractivity contribution in [2.75, 3.05) is 27.2 Å². The van der Waals surface area contributed by atoms with E-state index in [4.69, 9.17) is 0 Å². The summed E-state index contributed by atoms with van der Waals surface area (Å²) < 4.78 is 6.41. The predicted molar refractivity (Wildman–Crippen MR) is 102 cm³/mol. The topological polar surface area (TPSA) is 84.7 Å². The van der Waals surface area contributed by atoms with Gasteiger partial charge in [-0.25, -0.2) is 4.79 Å². The molecule has 2 amide bonds. The Labute approximate surface area is 163 Å². The van der Waals surface area contributed by atoms with Crippen LogP contribution in [-0.4, -0.2) is 64.6 Å². The number of hydrogen-bond donors (Lipinski definition) is 0. The SMILES string of the molecule is COC(=O)C(=O)N1CC(C)CCC1c1ccc2nn3c(c2c1)C(=O)N(C)CC3. The molecule has 2 aromatic rings. The summed E-state index contributed by atoms with van der Waals surface area (Å²) in [4.78, 5) is 40.4. The lowest BCUT2D eigenvalue weighted by atomic mass is 9.89. The van der Waals surface area contributed by atoms with Gasteiger partial charge < -0.3 is 14.5 Å². The maximum Gasteiger partial charge on any atom is 0.396 e. The fourth-order valence-electron chi connectivity index (χ4n) is 4.20. The van der Waals surface area contributed by atoms with Gasteiger partial charge in [0.05, 0.1) is 25.2 Å². The summed E-state index contributed by atoms with van der Waals surface area (Å²) in [7, 11) is 3.00. The molecule has 2 atom stereocenters. The first-order chi connectivity index (χ1) is 13.4. The predicted octanol–water partition coefficient (Wildman–Crippen LogP) is 1.59. The van der Waals surface area contributed by atoms with Gasteiger partial charge in [-0.2, -0.15) is 5.10 Å². The van der Waals surface area contributed by atoms with Crippen molar-refractivity contribution in [1.29, 1.82) is 0 Å². The molecule has 1 saturated heterocycles. The number of likely N-dealkylation sites (N-methyl/N-ethyl adjacent to an activating group) is 1. The monoisotopic (exact) mass is 384 g/mol. The number of ether oxygens (including phenoxy) is 1. The lowest BCUT2D eigenvalue weighted by molar-refractivity contribution is -0.160. The molecule has 0 N–H and O–H groups in total. The third kappa shape index (κ3) is 2.93. The van der Waals surface area contributed by atoms with E-state index in [1.165, 1.54) is 7.11 Å². The van der Waals surface area contributed by atoms with Gasteiger partial charge in [0.1, 0.15) is 5.69 Å². The molecular weight excluding hydrogens is 360 g/mol. The summed E-state index contributed by atoms with van der Waals surface area (Å²) >= 11 is 0. The van der Waals surface area contributed by atoms with Crippen molar-refractivity contribution in [3.8, 4) is 0 Å². The average Bonchev–Trinajstić information content (AvgIpc) is 3.07. The van der Waals surface area contributed by atoms with Crippen LogP contribution in [0.3, 0.4) is 0 Å². The fraction of sp³-hybridized carbons (Fsp3) is 0.500. The number of esters is 1. The number of hydrogen-bond acceptors (Lipinski definition) is 5. The van der Waals surface area contributed by atoms with E-state index in [1.807, 2.05) is 18.2 Å². The number of nitrogens with zero attached hydrogens (tertiary/aromatic N) is 4. The van der Waals surface area contributed by atoms with Crippen LogP contribution in [0.25, 0.3) is 10.9 Å². The molecule has 1 aromatic heterocycles. The summed E-state index contributed by atoms with van der Waals surface area (Å²) in [5.74, 6) is -1.20. The number of amides is 2. The molecule has 2 unspecified atom stereocenters. The molecule has 28 heavy (non-hydrogen) atoms. The number of carbonyl (C=O) groups is 3. The molecule has 148 valence electrons. The van der Waals surface area contributed by atoms with Crippen molar-refractivity contribution in [1.82, 2.24) is 19.6 Å². The minimum Gasteiger partial charge on any atom is -0.462 e. The third-order valence-corrected chi connectivity index (χ3v) is 5.78. The molecule has 1 fully saturated rings. The van der Waals surface area contributed by atoms with Gasteiger partial charge >= 0.3 is 11.9 Å². The number of aromatic nitrogens is 2. The van der Waals surface area contributed by atoms with Crippen LogP contribution in [0.5, 0.6) is 0 Å². The fourth-order valence-corrected chi connectivity index (χ4v) is 4.20. The van der Waals surface area contributed by atoms with Crippen LogP contribution in [0.4, 0.5) is 0 Å². The molecule has 1 aromatic carbocycles. The van der Waals surface area contributed by atoms with Crippen molar-refractivity contribution < 1.29 is 19.1 Å². The zero-order chi connectivity index (χ0) is 20.0. The van der Waals surface area contributed by atoms with Crippen molar-refractivity contribution in [2.45, 2.75) is 32.4 Å². The van der Waals surface area contributed by atoms with E-state index in [0.717, 1.165) is 29.3 Å². The largest absolute Gasteiger partial charge is 0.462 e. The maximum atomic E-state index is 12.7. The van der Waals surface area contributed by atoms with Crippen molar-refractivity contribution in [2.24, 2.45) is 5.92 Å². The van der Waals surface area contributed by atoms with Crippen molar-refractivity contribution in [3.05, 3.63) is 29.5 Å². The van der Waals surface area contributed by atoms with E-state index in [9.17, 15) is 14.4 Å². The zero-order valence-corrected chi connectivity index (χ0v) is 16.3. The summed E-state index contributed by atoms with van der Waals surface area (Å²) in [5, 5.41) is 5.34. The summed E-state index contributed by atoms with van der Waals surface area (Å²) in [5.41, 5.74) is 2.26. The van der Waals surface area contributed by atoms with Gasteiger partial charge in [0.25, 0.3) is 5.91 Å². The lowest BCUT2D eigenvalue weighted by Crippen LogP contribution is -2.45. The van der Waals surface area contributed by atoms with Gasteiger partial charge in [0, 0.05) is 25.5 Å². The molecule has 0 saturated carbocycles. The van der Waals surface area contributed by atoms with E-state index in [0.29, 0.717) is 31.2 Å². The Hall–Kier alpha value is -2.90. The molecule has 0 radical (unpaired) electrons. The Morgan fingerprint density at radius 2 is 2.00 bits per heavy atom. The van der Waals surface area contributed by atoms with Crippen molar-refractivity contribution >= 4 is 28.7 Å². The first-order valence-corrected chi connectivity index (χ1v) is 9.55. The molecule has 0 bridgehead atoms. The van der Waals surface area contributed by atoms with E-state index in [2.05, 4.69) is 16.8 Å². The second kappa shape index (κ2) is 6.92. The van der Waals surface area contributed by atoms with E-state index in [-0.39, 0.29) is 11.9 Å². The molecule has 0 aliphatic carbocycles. The quantitative estimate of drug-likeness (QED) is 0.551. The van der Waals surface area contributed by atoms with E-state index in [1.54, 1.807) is 21.5 Å². The second-order valence-corrected chi connectivity index (χ2v) is 7.72. The van der Waals surface area contributed by atoms with Gasteiger partial charge in [-0.1, -0.05) is 13.0 Å². The smallest absolute Gasteiger partial charge is 0.396 e. The van der Waals surface area contributed by atoms with E-state index >= 15 is 0 Å². The molecule has 8 heteroatoms. The average molecular weight is 384 g/mol. The van der Waals surface area contributed by atoms with Crippen LogP contribution in [0.1, 0.15) is 41.9 Å². The standard InChI is InChI=1S/C20H24N4O4/c1-12-4-7-16(23(11-12)19(26)20(27)28-3)13-5-6-15-14(10-13)17-18(25)22(2)8-9-24(17)21-15/h5-6,10,12,16H,4,7-9,11H2,1-3H3. The van der Waals surface area contributed by atoms with Gasteiger partial charge in [0.15, 0.2) is 0 Å². The van der Waals surface area contributed by atoms with Crippen molar-refractivity contribution in [3.63, 3.8) is 0 Å². The Balaban J connectivity index is 1.76. The zero-order valence-electron chi connectivity index (χ0n) is 16.3. The first-order valence-electron chi connectivity index (χ1n) is 9.55. The molecule has 3 heterocycles. The number of fused-ring (bicyclic) bond motifs is 3. The number of likely N-dealkylation sites (tertiary alicyclic amines) is 1. The molecular formula is C20H24N4O4. The number of rotatable bonds is 1. The molecule has 8 nitrogen and oxygen atoms in total. The van der Waals surface area contributed by atoms with Crippen LogP contribution in [0.2, 0.25) is 0 Å². The highest BCUT2D eigenvalue weighted by Gasteiger charge is 2.35. The van der Waals surface area contributed by atoms with Crippen LogP contribution >= 0.6 is 0 Å². The number of carbonyl (C=O) groups excluding carboxylic acids is 3. The molecule has 2 aliphatic rings. The Bertz CT molecular complexity index is 967. The second-order valence-electron chi connectivity index (χ2n) is 7.72. The first kappa shape index (κ1) is 18.5. The normalized spacial score (nSPS) is 22.3. The van der Waals surface area contributed by atoms with Gasteiger partial charge in [-0.05, 0) is 36.5 Å². The number of methoxy groups -OCH3 is 1. The molecule has 0 spiro atoms. The number of piperidine rings is 1. The number of benzene rings is 1. The highest BCUT2D eigenvalue weighted by atomic mass is 16.5. The lowest BCUT2D eigenvalue weighted by Gasteiger charge is -2.38. The van der Waals surface area contributed by atoms with Gasteiger partial charge in [-0.15, -0.1) is 0 Å². The van der Waals surface area contributed by atoms with Crippen LogP contribution < -0.4 is 0 Å². The minimum absolute atomic E-state index is 0.0503.